The van der Waals surface area contributed by atoms with Crippen molar-refractivity contribution in [2.75, 3.05) is 10.2 Å². The van der Waals surface area contributed by atoms with Gasteiger partial charge in [0.2, 0.25) is 16.8 Å². The molecule has 5 rings (SSSR count). The van der Waals surface area contributed by atoms with Gasteiger partial charge >= 0.3 is 0 Å². The quantitative estimate of drug-likeness (QED) is 0.486. The summed E-state index contributed by atoms with van der Waals surface area (Å²) in [6.45, 7) is 5.36. The van der Waals surface area contributed by atoms with Gasteiger partial charge in [-0.15, -0.1) is 10.2 Å². The summed E-state index contributed by atoms with van der Waals surface area (Å²) in [5, 5.41) is 11.7. The van der Waals surface area contributed by atoms with E-state index in [2.05, 4.69) is 15.5 Å². The predicted molar refractivity (Wildman–Crippen MR) is 120 cm³/mol. The lowest BCUT2D eigenvalue weighted by Crippen LogP contribution is -2.60. The molecule has 7 nitrogen and oxygen atoms in total. The van der Waals surface area contributed by atoms with Crippen molar-refractivity contribution in [1.29, 1.82) is 0 Å². The Bertz CT molecular complexity index is 1310. The van der Waals surface area contributed by atoms with Crippen molar-refractivity contribution in [2.24, 2.45) is 0 Å². The molecule has 1 N–H and O–H groups in total. The number of hydrogen-bond donors (Lipinski definition) is 1. The Morgan fingerprint density at radius 3 is 2.70 bits per heavy atom. The molecule has 0 radical (unpaired) electrons. The second kappa shape index (κ2) is 6.82. The molecule has 0 fully saturated rings. The number of para-hydroxylation sites is 3. The van der Waals surface area contributed by atoms with E-state index in [1.807, 2.05) is 53.8 Å². The zero-order chi connectivity index (χ0) is 21.0. The molecule has 1 atom stereocenters. The molecule has 2 aromatic heterocycles. The van der Waals surface area contributed by atoms with Gasteiger partial charge in [0.25, 0.3) is 0 Å². The van der Waals surface area contributed by atoms with Crippen molar-refractivity contribution in [3.05, 3.63) is 48.5 Å². The van der Waals surface area contributed by atoms with Crippen LogP contribution >= 0.6 is 23.1 Å². The highest BCUT2D eigenvalue weighted by molar-refractivity contribution is 8.00. The molecule has 30 heavy (non-hydrogen) atoms. The van der Waals surface area contributed by atoms with E-state index < -0.39 is 10.8 Å². The molecule has 0 bridgehead atoms. The molecule has 3 heterocycles. The van der Waals surface area contributed by atoms with Gasteiger partial charge in [0.15, 0.2) is 5.16 Å². The van der Waals surface area contributed by atoms with Crippen LogP contribution < -0.4 is 10.2 Å². The Morgan fingerprint density at radius 1 is 1.13 bits per heavy atom. The van der Waals surface area contributed by atoms with E-state index in [1.54, 1.807) is 36.2 Å². The Labute approximate surface area is 181 Å². The first kappa shape index (κ1) is 19.1. The van der Waals surface area contributed by atoms with Gasteiger partial charge in [0.05, 0.1) is 26.8 Å². The minimum atomic E-state index is -1.00. The number of thioether (sulfide) groups is 1. The topological polar surface area (TPSA) is 79.6 Å². The number of nitrogens with zero attached hydrogens (tertiary/aromatic N) is 4. The second-order valence-electron chi connectivity index (χ2n) is 7.63. The van der Waals surface area contributed by atoms with E-state index >= 15 is 0 Å². The SMILES string of the molecule is C[C@@H](Sc1nnc2sc3ccccc3n12)C(=O)N1c2ccccc2NC(=O)C1(C)C. The van der Waals surface area contributed by atoms with E-state index in [0.29, 0.717) is 16.5 Å². The molecule has 1 aliphatic heterocycles. The number of carbonyl (C=O) groups is 2. The molecule has 0 saturated heterocycles. The van der Waals surface area contributed by atoms with Crippen LogP contribution in [-0.4, -0.2) is 37.2 Å². The maximum absolute atomic E-state index is 13.6. The summed E-state index contributed by atoms with van der Waals surface area (Å²) in [6, 6.07) is 15.4. The number of nitrogens with one attached hydrogen (secondary N) is 1. The summed E-state index contributed by atoms with van der Waals surface area (Å²) in [5.74, 6) is -0.357. The standard InChI is InChI=1S/C21H19N5O2S2/c1-12(29-19-23-24-20-25(19)15-10-6-7-11-16(15)30-20)17(27)26-14-9-5-4-8-13(14)22-18(28)21(26,2)3/h4-12H,1-3H3,(H,22,28)/t12-/m1/s1. The minimum Gasteiger partial charge on any atom is -0.322 e. The Kier molecular flexibility index (Phi) is 4.33. The molecule has 2 amide bonds. The fourth-order valence-electron chi connectivity index (χ4n) is 3.67. The monoisotopic (exact) mass is 437 g/mol. The number of benzene rings is 2. The van der Waals surface area contributed by atoms with Gasteiger partial charge in [-0.05, 0) is 45.0 Å². The average Bonchev–Trinajstić information content (AvgIpc) is 3.28. The first-order valence-corrected chi connectivity index (χ1v) is 11.2. The van der Waals surface area contributed by atoms with Crippen molar-refractivity contribution in [2.45, 2.75) is 36.7 Å². The lowest BCUT2D eigenvalue weighted by molar-refractivity contribution is -0.126. The highest BCUT2D eigenvalue weighted by atomic mass is 32.2. The zero-order valence-electron chi connectivity index (χ0n) is 16.6. The van der Waals surface area contributed by atoms with Crippen molar-refractivity contribution >= 4 is 61.5 Å². The lowest BCUT2D eigenvalue weighted by atomic mass is 9.96. The number of fused-ring (bicyclic) bond motifs is 4. The van der Waals surface area contributed by atoms with Gasteiger partial charge in [-0.25, -0.2) is 0 Å². The number of thiazole rings is 1. The number of hydrogen-bond acceptors (Lipinski definition) is 6. The van der Waals surface area contributed by atoms with Crippen LogP contribution in [0.1, 0.15) is 20.8 Å². The smallest absolute Gasteiger partial charge is 0.250 e. The third kappa shape index (κ3) is 2.80. The van der Waals surface area contributed by atoms with Crippen LogP contribution in [-0.2, 0) is 9.59 Å². The van der Waals surface area contributed by atoms with Gasteiger partial charge in [-0.2, -0.15) is 0 Å². The largest absolute Gasteiger partial charge is 0.322 e. The first-order chi connectivity index (χ1) is 14.4. The van der Waals surface area contributed by atoms with Crippen LogP contribution in [0.25, 0.3) is 15.2 Å². The molecule has 4 aromatic rings. The fraction of sp³-hybridized carbons (Fsp3) is 0.238. The predicted octanol–water partition coefficient (Wildman–Crippen LogP) is 4.19. The third-order valence-corrected chi connectivity index (χ3v) is 7.31. The van der Waals surface area contributed by atoms with Crippen LogP contribution in [0.4, 0.5) is 11.4 Å². The van der Waals surface area contributed by atoms with Gasteiger partial charge in [0, 0.05) is 0 Å². The van der Waals surface area contributed by atoms with Gasteiger partial charge in [-0.1, -0.05) is 47.4 Å². The van der Waals surface area contributed by atoms with Crippen LogP contribution in [0, 0.1) is 0 Å². The summed E-state index contributed by atoms with van der Waals surface area (Å²) < 4.78 is 3.10. The summed E-state index contributed by atoms with van der Waals surface area (Å²) in [4.78, 5) is 28.6. The van der Waals surface area contributed by atoms with Crippen molar-refractivity contribution in [3.8, 4) is 0 Å². The summed E-state index contributed by atoms with van der Waals surface area (Å²) in [6.07, 6.45) is 0. The highest BCUT2D eigenvalue weighted by Crippen LogP contribution is 2.39. The van der Waals surface area contributed by atoms with Gasteiger partial charge in [0.1, 0.15) is 5.54 Å². The molecule has 2 aromatic carbocycles. The molecule has 0 spiro atoms. The normalized spacial score (nSPS) is 16.5. The van der Waals surface area contributed by atoms with Crippen LogP contribution in [0.5, 0.6) is 0 Å². The summed E-state index contributed by atoms with van der Waals surface area (Å²) in [7, 11) is 0. The third-order valence-electron chi connectivity index (χ3n) is 5.27. The van der Waals surface area contributed by atoms with Gasteiger partial charge in [-0.3, -0.25) is 18.9 Å². The second-order valence-corrected chi connectivity index (χ2v) is 9.95. The molecule has 9 heteroatoms. The van der Waals surface area contributed by atoms with Crippen LogP contribution in [0.3, 0.4) is 0 Å². The van der Waals surface area contributed by atoms with E-state index in [4.69, 9.17) is 0 Å². The summed E-state index contributed by atoms with van der Waals surface area (Å²) in [5.41, 5.74) is 1.36. The summed E-state index contributed by atoms with van der Waals surface area (Å²) >= 11 is 2.92. The number of carbonyl (C=O) groups excluding carboxylic acids is 2. The zero-order valence-corrected chi connectivity index (χ0v) is 18.3. The average molecular weight is 438 g/mol. The lowest BCUT2D eigenvalue weighted by Gasteiger charge is -2.42. The van der Waals surface area contributed by atoms with Crippen molar-refractivity contribution < 1.29 is 9.59 Å². The molecule has 0 unspecified atom stereocenters. The molecular weight excluding hydrogens is 418 g/mol. The molecule has 152 valence electrons. The van der Waals surface area contributed by atoms with Crippen molar-refractivity contribution in [3.63, 3.8) is 0 Å². The number of amides is 2. The van der Waals surface area contributed by atoms with Crippen molar-refractivity contribution in [1.82, 2.24) is 14.6 Å². The Balaban J connectivity index is 1.51. The maximum atomic E-state index is 13.6. The number of anilines is 2. The van der Waals surface area contributed by atoms with E-state index in [-0.39, 0.29) is 11.8 Å². The number of rotatable bonds is 3. The Hall–Kier alpha value is -2.91. The first-order valence-electron chi connectivity index (χ1n) is 9.52. The van der Waals surface area contributed by atoms with E-state index in [9.17, 15) is 9.59 Å². The molecule has 0 saturated carbocycles. The van der Waals surface area contributed by atoms with E-state index in [1.165, 1.54) is 11.8 Å². The minimum absolute atomic E-state index is 0.149. The number of aromatic nitrogens is 3. The highest BCUT2D eigenvalue weighted by Gasteiger charge is 2.45. The maximum Gasteiger partial charge on any atom is 0.250 e. The fourth-order valence-corrected chi connectivity index (χ4v) is 5.59. The van der Waals surface area contributed by atoms with E-state index in [0.717, 1.165) is 15.2 Å². The van der Waals surface area contributed by atoms with Gasteiger partial charge < -0.3 is 5.32 Å². The molecule has 0 aliphatic carbocycles. The van der Waals surface area contributed by atoms with Crippen LogP contribution in [0.15, 0.2) is 53.7 Å². The molecular formula is C21H19N5O2S2. The Morgan fingerprint density at radius 2 is 1.87 bits per heavy atom. The van der Waals surface area contributed by atoms with Crippen LogP contribution in [0.2, 0.25) is 0 Å². The molecule has 1 aliphatic rings.